The van der Waals surface area contributed by atoms with E-state index in [-0.39, 0.29) is 19.0 Å². The number of nitrogens with one attached hydrogen (secondary N) is 1. The Hall–Kier alpha value is -1.77. The third kappa shape index (κ3) is 4.92. The molecule has 0 bridgehead atoms. The number of nitrogens with zero attached hydrogens (tertiary/aromatic N) is 2. The number of urea groups is 1. The fourth-order valence-corrected chi connectivity index (χ4v) is 2.78. The molecule has 0 radical (unpaired) electrons. The van der Waals surface area contributed by atoms with Gasteiger partial charge in [0.05, 0.1) is 17.9 Å². The highest BCUT2D eigenvalue weighted by Gasteiger charge is 2.41. The lowest BCUT2D eigenvalue weighted by Gasteiger charge is -2.28. The number of carbonyl (C=O) groups excluding carboxylic acids is 1. The number of carbonyl (C=O) groups is 2. The van der Waals surface area contributed by atoms with E-state index in [1.54, 1.807) is 4.90 Å². The predicted octanol–water partition coefficient (Wildman–Crippen LogP) is 2.21. The van der Waals surface area contributed by atoms with E-state index in [4.69, 9.17) is 5.26 Å². The average Bonchev–Trinajstić information content (AvgIpc) is 2.90. The number of hydrogen-bond acceptors (Lipinski definition) is 3. The van der Waals surface area contributed by atoms with E-state index in [1.165, 1.54) is 0 Å². The van der Waals surface area contributed by atoms with Crippen molar-refractivity contribution < 1.29 is 14.7 Å². The normalized spacial score (nSPS) is 16.5. The maximum atomic E-state index is 12.2. The number of carboxylic acid groups (broad SMARTS) is 1. The van der Waals surface area contributed by atoms with Crippen molar-refractivity contribution in [2.24, 2.45) is 11.3 Å². The van der Waals surface area contributed by atoms with Gasteiger partial charge in [-0.1, -0.05) is 26.7 Å². The fraction of sp³-hybridized carbons (Fsp3) is 0.800. The highest BCUT2D eigenvalue weighted by Crippen LogP contribution is 2.37. The molecule has 0 heterocycles. The summed E-state index contributed by atoms with van der Waals surface area (Å²) in [6.07, 6.45) is 3.30. The van der Waals surface area contributed by atoms with Crippen LogP contribution in [0.25, 0.3) is 0 Å². The smallest absolute Gasteiger partial charge is 0.317 e. The Morgan fingerprint density at radius 2 is 2.00 bits per heavy atom. The van der Waals surface area contributed by atoms with Crippen molar-refractivity contribution in [2.75, 3.05) is 19.6 Å². The number of amides is 2. The minimum absolute atomic E-state index is 0.169. The molecule has 0 aliphatic heterocycles. The van der Waals surface area contributed by atoms with Crippen molar-refractivity contribution in [1.82, 2.24) is 10.2 Å². The van der Waals surface area contributed by atoms with Crippen LogP contribution >= 0.6 is 0 Å². The molecule has 21 heavy (non-hydrogen) atoms. The predicted molar refractivity (Wildman–Crippen MR) is 78.6 cm³/mol. The van der Waals surface area contributed by atoms with E-state index < -0.39 is 11.4 Å². The van der Waals surface area contributed by atoms with Gasteiger partial charge in [-0.25, -0.2) is 4.79 Å². The van der Waals surface area contributed by atoms with Crippen LogP contribution in [0.1, 0.15) is 46.0 Å². The van der Waals surface area contributed by atoms with Crippen LogP contribution in [0.5, 0.6) is 0 Å². The Bertz CT molecular complexity index is 409. The maximum absolute atomic E-state index is 12.2. The van der Waals surface area contributed by atoms with E-state index in [0.717, 1.165) is 12.8 Å². The first kappa shape index (κ1) is 17.3. The quantitative estimate of drug-likeness (QED) is 0.753. The second kappa shape index (κ2) is 7.87. The summed E-state index contributed by atoms with van der Waals surface area (Å²) in [7, 11) is 0. The molecule has 2 N–H and O–H groups in total. The van der Waals surface area contributed by atoms with E-state index in [1.807, 2.05) is 19.9 Å². The molecule has 118 valence electrons. The third-order valence-electron chi connectivity index (χ3n) is 3.96. The largest absolute Gasteiger partial charge is 0.481 e. The molecule has 6 heteroatoms. The van der Waals surface area contributed by atoms with E-state index in [0.29, 0.717) is 31.8 Å². The lowest BCUT2D eigenvalue weighted by atomic mass is 9.86. The Labute approximate surface area is 126 Å². The average molecular weight is 295 g/mol. The van der Waals surface area contributed by atoms with Crippen LogP contribution in [-0.4, -0.2) is 41.6 Å². The van der Waals surface area contributed by atoms with Crippen molar-refractivity contribution in [1.29, 1.82) is 5.26 Å². The van der Waals surface area contributed by atoms with Gasteiger partial charge in [0.2, 0.25) is 0 Å². The topological polar surface area (TPSA) is 93.4 Å². The molecule has 0 spiro atoms. The van der Waals surface area contributed by atoms with Crippen molar-refractivity contribution in [2.45, 2.75) is 46.0 Å². The van der Waals surface area contributed by atoms with Crippen LogP contribution in [0.15, 0.2) is 0 Å². The van der Waals surface area contributed by atoms with Gasteiger partial charge in [0.15, 0.2) is 0 Å². The van der Waals surface area contributed by atoms with Gasteiger partial charge in [-0.05, 0) is 18.8 Å². The van der Waals surface area contributed by atoms with Crippen LogP contribution < -0.4 is 5.32 Å². The molecule has 1 aliphatic carbocycles. The van der Waals surface area contributed by atoms with E-state index in [2.05, 4.69) is 5.32 Å². The number of rotatable bonds is 7. The monoisotopic (exact) mass is 295 g/mol. The fourth-order valence-electron chi connectivity index (χ4n) is 2.78. The van der Waals surface area contributed by atoms with Crippen molar-refractivity contribution in [3.8, 4) is 6.07 Å². The van der Waals surface area contributed by atoms with E-state index in [9.17, 15) is 14.7 Å². The molecule has 1 saturated carbocycles. The van der Waals surface area contributed by atoms with Crippen molar-refractivity contribution >= 4 is 12.0 Å². The Morgan fingerprint density at radius 3 is 2.48 bits per heavy atom. The molecule has 2 amide bonds. The van der Waals surface area contributed by atoms with E-state index >= 15 is 0 Å². The van der Waals surface area contributed by atoms with Crippen LogP contribution in [0.4, 0.5) is 4.79 Å². The zero-order valence-electron chi connectivity index (χ0n) is 12.9. The first-order chi connectivity index (χ1) is 9.91. The minimum atomic E-state index is -0.826. The molecular formula is C15H25N3O3. The summed E-state index contributed by atoms with van der Waals surface area (Å²) in [5.74, 6) is -0.526. The van der Waals surface area contributed by atoms with Gasteiger partial charge in [0.25, 0.3) is 0 Å². The molecule has 0 atom stereocenters. The standard InChI is InChI=1S/C15H25N3O3/c1-12(2)10-18(9-5-8-16)14(21)17-11-15(13(19)20)6-3-4-7-15/h12H,3-7,9-11H2,1-2H3,(H,17,21)(H,19,20). The SMILES string of the molecule is CC(C)CN(CCC#N)C(=O)NCC1(C(=O)O)CCCC1. The summed E-state index contributed by atoms with van der Waals surface area (Å²) < 4.78 is 0. The van der Waals surface area contributed by atoms with Gasteiger partial charge < -0.3 is 15.3 Å². The molecule has 0 unspecified atom stereocenters. The Kier molecular flexibility index (Phi) is 6.47. The summed E-state index contributed by atoms with van der Waals surface area (Å²) in [5, 5.41) is 20.8. The third-order valence-corrected chi connectivity index (χ3v) is 3.96. The summed E-state index contributed by atoms with van der Waals surface area (Å²) in [6.45, 7) is 5.11. The van der Waals surface area contributed by atoms with Gasteiger partial charge >= 0.3 is 12.0 Å². The van der Waals surface area contributed by atoms with Gasteiger partial charge in [-0.2, -0.15) is 5.26 Å². The lowest BCUT2D eigenvalue weighted by Crippen LogP contribution is -2.47. The summed E-state index contributed by atoms with van der Waals surface area (Å²) >= 11 is 0. The molecule has 1 aliphatic rings. The number of carboxylic acids is 1. The first-order valence-corrected chi connectivity index (χ1v) is 7.54. The zero-order valence-corrected chi connectivity index (χ0v) is 12.9. The van der Waals surface area contributed by atoms with Gasteiger partial charge in [-0.3, -0.25) is 4.79 Å². The number of aliphatic carboxylic acids is 1. The maximum Gasteiger partial charge on any atom is 0.317 e. The molecule has 0 saturated heterocycles. The highest BCUT2D eigenvalue weighted by atomic mass is 16.4. The summed E-state index contributed by atoms with van der Waals surface area (Å²) in [6, 6.07) is 1.76. The second-order valence-electron chi connectivity index (χ2n) is 6.20. The van der Waals surface area contributed by atoms with Crippen LogP contribution in [0, 0.1) is 22.7 Å². The van der Waals surface area contributed by atoms with Crippen LogP contribution in [-0.2, 0) is 4.79 Å². The first-order valence-electron chi connectivity index (χ1n) is 7.54. The minimum Gasteiger partial charge on any atom is -0.481 e. The van der Waals surface area contributed by atoms with Gasteiger partial charge in [0.1, 0.15) is 0 Å². The summed E-state index contributed by atoms with van der Waals surface area (Å²) in [5.41, 5.74) is -0.811. The van der Waals surface area contributed by atoms with Gasteiger partial charge in [-0.15, -0.1) is 0 Å². The highest BCUT2D eigenvalue weighted by molar-refractivity contribution is 5.78. The molecule has 1 fully saturated rings. The molecule has 0 aromatic carbocycles. The molecule has 0 aromatic rings. The van der Waals surface area contributed by atoms with Crippen molar-refractivity contribution in [3.05, 3.63) is 0 Å². The summed E-state index contributed by atoms with van der Waals surface area (Å²) in [4.78, 5) is 25.3. The van der Waals surface area contributed by atoms with Crippen LogP contribution in [0.2, 0.25) is 0 Å². The van der Waals surface area contributed by atoms with Crippen molar-refractivity contribution in [3.63, 3.8) is 0 Å². The zero-order chi connectivity index (χ0) is 15.9. The van der Waals surface area contributed by atoms with Crippen LogP contribution in [0.3, 0.4) is 0 Å². The molecule has 1 rings (SSSR count). The molecule has 6 nitrogen and oxygen atoms in total. The molecule has 0 aromatic heterocycles. The molecular weight excluding hydrogens is 270 g/mol. The van der Waals surface area contributed by atoms with Gasteiger partial charge in [0, 0.05) is 19.6 Å². The number of hydrogen-bond donors (Lipinski definition) is 2. The Morgan fingerprint density at radius 1 is 1.38 bits per heavy atom. The Balaban J connectivity index is 2.59. The second-order valence-corrected chi connectivity index (χ2v) is 6.20. The number of nitriles is 1. The lowest BCUT2D eigenvalue weighted by molar-refractivity contribution is -0.148.